The molecule has 0 saturated carbocycles. The number of sulfone groups is 1. The minimum absolute atomic E-state index is 0.544. The zero-order valence-corrected chi connectivity index (χ0v) is 9.30. The van der Waals surface area contributed by atoms with Crippen molar-refractivity contribution in [3.63, 3.8) is 0 Å². The van der Waals surface area contributed by atoms with E-state index in [-0.39, 0.29) is 0 Å². The third-order valence-corrected chi connectivity index (χ3v) is 3.48. The van der Waals surface area contributed by atoms with Gasteiger partial charge in [-0.05, 0) is 5.41 Å². The second-order valence-electron chi connectivity index (χ2n) is 4.36. The molecule has 0 spiro atoms. The smallest absolute Gasteiger partial charge is 0.155 e. The summed E-state index contributed by atoms with van der Waals surface area (Å²) >= 11 is 0. The van der Waals surface area contributed by atoms with Gasteiger partial charge in [-0.3, -0.25) is 0 Å². The molecule has 0 aromatic carbocycles. The molecular formula is C8H18O4S. The van der Waals surface area contributed by atoms with E-state index in [1.807, 2.05) is 0 Å². The molecule has 0 rings (SSSR count). The summed E-state index contributed by atoms with van der Waals surface area (Å²) in [5.41, 5.74) is -0.545. The second kappa shape index (κ2) is 3.94. The first-order valence-corrected chi connectivity index (χ1v) is 6.04. The van der Waals surface area contributed by atoms with Crippen molar-refractivity contribution in [1.82, 2.24) is 0 Å². The molecule has 0 aromatic heterocycles. The average molecular weight is 210 g/mol. The molecule has 2 atom stereocenters. The summed E-state index contributed by atoms with van der Waals surface area (Å²) in [5, 5.41) is 17.4. The van der Waals surface area contributed by atoms with Crippen molar-refractivity contribution < 1.29 is 18.6 Å². The normalized spacial score (nSPS) is 18.3. The van der Waals surface area contributed by atoms with E-state index in [9.17, 15) is 13.5 Å². The number of hydrogen-bond donors (Lipinski definition) is 2. The summed E-state index contributed by atoms with van der Waals surface area (Å²) in [5.74, 6) is 0. The Morgan fingerprint density at radius 2 is 1.69 bits per heavy atom. The van der Waals surface area contributed by atoms with Gasteiger partial charge in [0.15, 0.2) is 9.84 Å². The summed E-state index contributed by atoms with van der Waals surface area (Å²) < 4.78 is 22.3. The van der Waals surface area contributed by atoms with Crippen LogP contribution in [0.4, 0.5) is 0 Å². The van der Waals surface area contributed by atoms with E-state index in [2.05, 4.69) is 0 Å². The minimum Gasteiger partial charge on any atom is -0.395 e. The van der Waals surface area contributed by atoms with Gasteiger partial charge in [0.1, 0.15) is 5.25 Å². The lowest BCUT2D eigenvalue weighted by Crippen LogP contribution is -2.44. The number of hydrogen-bond acceptors (Lipinski definition) is 4. The maximum absolute atomic E-state index is 11.1. The van der Waals surface area contributed by atoms with Crippen molar-refractivity contribution in [2.24, 2.45) is 5.41 Å². The molecule has 0 aliphatic heterocycles. The molecule has 2 N–H and O–H groups in total. The van der Waals surface area contributed by atoms with Crippen LogP contribution in [-0.2, 0) is 9.84 Å². The Morgan fingerprint density at radius 1 is 1.31 bits per heavy atom. The molecular weight excluding hydrogens is 192 g/mol. The van der Waals surface area contributed by atoms with Gasteiger partial charge in [-0.2, -0.15) is 0 Å². The molecule has 0 aromatic rings. The standard InChI is InChI=1S/C8H18O4S/c1-8(2,3)7(10)6(5-9)13(4,11)12/h6-7,9-10H,5H2,1-4H3/t6-,7-/m1/s1. The molecule has 0 fully saturated rings. The quantitative estimate of drug-likeness (QED) is 0.676. The predicted molar refractivity (Wildman–Crippen MR) is 51.2 cm³/mol. The first-order chi connectivity index (χ1) is 5.60. The van der Waals surface area contributed by atoms with Crippen LogP contribution in [0.1, 0.15) is 20.8 Å². The number of aliphatic hydroxyl groups is 2. The lowest BCUT2D eigenvalue weighted by molar-refractivity contribution is 0.0441. The Balaban J connectivity index is 4.82. The van der Waals surface area contributed by atoms with Gasteiger partial charge in [0.25, 0.3) is 0 Å². The third kappa shape index (κ3) is 3.62. The highest BCUT2D eigenvalue weighted by Crippen LogP contribution is 2.24. The molecule has 4 nitrogen and oxygen atoms in total. The highest BCUT2D eigenvalue weighted by Gasteiger charge is 2.36. The molecule has 0 amide bonds. The van der Waals surface area contributed by atoms with Gasteiger partial charge in [0.05, 0.1) is 12.7 Å². The van der Waals surface area contributed by atoms with Crippen molar-refractivity contribution >= 4 is 9.84 Å². The fourth-order valence-corrected chi connectivity index (χ4v) is 2.17. The SMILES string of the molecule is CC(C)(C)[C@H](O)[C@@H](CO)S(C)(=O)=O. The lowest BCUT2D eigenvalue weighted by Gasteiger charge is -2.30. The fourth-order valence-electron chi connectivity index (χ4n) is 1.03. The van der Waals surface area contributed by atoms with Crippen LogP contribution >= 0.6 is 0 Å². The van der Waals surface area contributed by atoms with E-state index in [4.69, 9.17) is 5.11 Å². The fraction of sp³-hybridized carbons (Fsp3) is 1.00. The topological polar surface area (TPSA) is 74.6 Å². The van der Waals surface area contributed by atoms with Crippen molar-refractivity contribution in [2.45, 2.75) is 32.1 Å². The van der Waals surface area contributed by atoms with Gasteiger partial charge in [-0.1, -0.05) is 20.8 Å². The Hall–Kier alpha value is -0.130. The Kier molecular flexibility index (Phi) is 3.90. The first-order valence-electron chi connectivity index (χ1n) is 4.08. The van der Waals surface area contributed by atoms with Crippen LogP contribution in [0.25, 0.3) is 0 Å². The van der Waals surface area contributed by atoms with Crippen LogP contribution in [0, 0.1) is 5.41 Å². The van der Waals surface area contributed by atoms with Gasteiger partial charge in [-0.15, -0.1) is 0 Å². The highest BCUT2D eigenvalue weighted by atomic mass is 32.2. The van der Waals surface area contributed by atoms with E-state index < -0.39 is 33.2 Å². The van der Waals surface area contributed by atoms with E-state index in [0.717, 1.165) is 6.26 Å². The molecule has 0 saturated heterocycles. The summed E-state index contributed by atoms with van der Waals surface area (Å²) in [7, 11) is -3.40. The van der Waals surface area contributed by atoms with Crippen LogP contribution in [0.3, 0.4) is 0 Å². The summed E-state index contributed by atoms with van der Waals surface area (Å²) in [6.07, 6.45) is -0.0319. The van der Waals surface area contributed by atoms with Crippen molar-refractivity contribution in [2.75, 3.05) is 12.9 Å². The Labute approximate surface area is 79.5 Å². The zero-order chi connectivity index (χ0) is 10.9. The summed E-state index contributed by atoms with van der Waals surface area (Å²) in [4.78, 5) is 0. The van der Waals surface area contributed by atoms with Crippen molar-refractivity contribution in [3.8, 4) is 0 Å². The van der Waals surface area contributed by atoms with E-state index in [1.54, 1.807) is 20.8 Å². The summed E-state index contributed by atoms with van der Waals surface area (Å²) in [6.45, 7) is 4.64. The van der Waals surface area contributed by atoms with Crippen LogP contribution in [0.5, 0.6) is 0 Å². The molecule has 0 bridgehead atoms. The van der Waals surface area contributed by atoms with Crippen molar-refractivity contribution in [3.05, 3.63) is 0 Å². The number of rotatable bonds is 3. The molecule has 80 valence electrons. The van der Waals surface area contributed by atoms with E-state index in [0.29, 0.717) is 0 Å². The van der Waals surface area contributed by atoms with Crippen molar-refractivity contribution in [1.29, 1.82) is 0 Å². The predicted octanol–water partition coefficient (Wildman–Crippen LogP) is -0.201. The average Bonchev–Trinajstić information content (AvgIpc) is 1.83. The van der Waals surface area contributed by atoms with Crippen LogP contribution in [-0.4, -0.2) is 42.8 Å². The van der Waals surface area contributed by atoms with Crippen LogP contribution in [0.2, 0.25) is 0 Å². The molecule has 13 heavy (non-hydrogen) atoms. The molecule has 0 heterocycles. The van der Waals surface area contributed by atoms with Crippen LogP contribution < -0.4 is 0 Å². The monoisotopic (exact) mass is 210 g/mol. The molecule has 0 radical (unpaired) electrons. The van der Waals surface area contributed by atoms with Gasteiger partial charge >= 0.3 is 0 Å². The third-order valence-electron chi connectivity index (χ3n) is 1.97. The molecule has 0 aliphatic rings. The lowest BCUT2D eigenvalue weighted by atomic mass is 9.87. The van der Waals surface area contributed by atoms with E-state index in [1.165, 1.54) is 0 Å². The van der Waals surface area contributed by atoms with Crippen LogP contribution in [0.15, 0.2) is 0 Å². The Morgan fingerprint density at radius 3 is 1.77 bits per heavy atom. The van der Waals surface area contributed by atoms with Gasteiger partial charge in [0, 0.05) is 6.26 Å². The molecule has 0 aliphatic carbocycles. The highest BCUT2D eigenvalue weighted by molar-refractivity contribution is 7.91. The minimum atomic E-state index is -3.40. The largest absolute Gasteiger partial charge is 0.395 e. The molecule has 5 heteroatoms. The van der Waals surface area contributed by atoms with Gasteiger partial charge in [0.2, 0.25) is 0 Å². The van der Waals surface area contributed by atoms with Gasteiger partial charge in [-0.25, -0.2) is 8.42 Å². The molecule has 0 unspecified atom stereocenters. The maximum atomic E-state index is 11.1. The van der Waals surface area contributed by atoms with Gasteiger partial charge < -0.3 is 10.2 Å². The summed E-state index contributed by atoms with van der Waals surface area (Å²) in [6, 6.07) is 0. The van der Waals surface area contributed by atoms with E-state index >= 15 is 0 Å². The maximum Gasteiger partial charge on any atom is 0.155 e. The first kappa shape index (κ1) is 12.9. The zero-order valence-electron chi connectivity index (χ0n) is 8.48. The number of aliphatic hydroxyl groups excluding tert-OH is 2. The Bertz CT molecular complexity index is 250. The second-order valence-corrected chi connectivity index (χ2v) is 6.63.